The van der Waals surface area contributed by atoms with E-state index in [1.807, 2.05) is 11.3 Å². The number of thiophene rings is 1. The molecule has 0 saturated carbocycles. The number of nitrogens with one attached hydrogen (secondary N) is 1. The Bertz CT molecular complexity index is 380. The lowest BCUT2D eigenvalue weighted by Gasteiger charge is -2.32. The first-order chi connectivity index (χ1) is 9.22. The molecule has 0 bridgehead atoms. The van der Waals surface area contributed by atoms with E-state index in [1.165, 1.54) is 41.6 Å². The largest absolute Gasteiger partial charge is 0.316 e. The van der Waals surface area contributed by atoms with Crippen molar-refractivity contribution in [1.82, 2.24) is 10.2 Å². The Morgan fingerprint density at radius 3 is 3.00 bits per heavy atom. The molecule has 0 spiro atoms. The predicted molar refractivity (Wildman–Crippen MR) is 87.9 cm³/mol. The minimum absolute atomic E-state index is 0.586. The molecule has 2 heterocycles. The Kier molecular flexibility index (Phi) is 6.33. The summed E-state index contributed by atoms with van der Waals surface area (Å²) in [4.78, 5) is 4.07. The SMILES string of the molecule is CCCNCC1CCCCN(C)C1c1cc(Br)cs1. The van der Waals surface area contributed by atoms with Crippen molar-refractivity contribution >= 4 is 27.3 Å². The van der Waals surface area contributed by atoms with Gasteiger partial charge in [0.2, 0.25) is 0 Å². The number of nitrogens with zero attached hydrogens (tertiary/aromatic N) is 1. The molecule has 0 aliphatic carbocycles. The smallest absolute Gasteiger partial charge is 0.0479 e. The molecule has 1 fully saturated rings. The summed E-state index contributed by atoms with van der Waals surface area (Å²) >= 11 is 5.49. The van der Waals surface area contributed by atoms with E-state index in [0.717, 1.165) is 19.0 Å². The fraction of sp³-hybridized carbons (Fsp3) is 0.733. The molecule has 1 saturated heterocycles. The van der Waals surface area contributed by atoms with Gasteiger partial charge in [-0.3, -0.25) is 4.90 Å². The van der Waals surface area contributed by atoms with E-state index in [9.17, 15) is 0 Å². The normalized spacial score (nSPS) is 25.4. The third-order valence-electron chi connectivity index (χ3n) is 3.97. The second-order valence-corrected chi connectivity index (χ2v) is 7.41. The van der Waals surface area contributed by atoms with Gasteiger partial charge < -0.3 is 5.32 Å². The summed E-state index contributed by atoms with van der Waals surface area (Å²) in [5.74, 6) is 0.740. The van der Waals surface area contributed by atoms with Gasteiger partial charge in [-0.2, -0.15) is 0 Å². The Morgan fingerprint density at radius 2 is 2.32 bits per heavy atom. The zero-order valence-corrected chi connectivity index (χ0v) is 14.4. The molecular formula is C15H25BrN2S. The van der Waals surface area contributed by atoms with Gasteiger partial charge in [0, 0.05) is 20.8 Å². The van der Waals surface area contributed by atoms with Crippen LogP contribution in [0.3, 0.4) is 0 Å². The van der Waals surface area contributed by atoms with Crippen molar-refractivity contribution in [1.29, 1.82) is 0 Å². The van der Waals surface area contributed by atoms with E-state index in [2.05, 4.69) is 51.6 Å². The van der Waals surface area contributed by atoms with Gasteiger partial charge in [0.25, 0.3) is 0 Å². The number of likely N-dealkylation sites (tertiary alicyclic amines) is 1. The number of halogens is 1. The van der Waals surface area contributed by atoms with Gasteiger partial charge in [0.15, 0.2) is 0 Å². The summed E-state index contributed by atoms with van der Waals surface area (Å²) in [6.07, 6.45) is 5.27. The molecule has 19 heavy (non-hydrogen) atoms. The lowest BCUT2D eigenvalue weighted by Crippen LogP contribution is -2.34. The molecule has 1 aliphatic heterocycles. The zero-order chi connectivity index (χ0) is 13.7. The second-order valence-electron chi connectivity index (χ2n) is 5.55. The maximum Gasteiger partial charge on any atom is 0.0479 e. The Labute approximate surface area is 129 Å². The highest BCUT2D eigenvalue weighted by molar-refractivity contribution is 9.10. The van der Waals surface area contributed by atoms with Crippen LogP contribution in [-0.2, 0) is 0 Å². The van der Waals surface area contributed by atoms with Gasteiger partial charge in [-0.15, -0.1) is 11.3 Å². The summed E-state index contributed by atoms with van der Waals surface area (Å²) in [5.41, 5.74) is 0. The molecular weight excluding hydrogens is 320 g/mol. The average Bonchev–Trinajstić information content (AvgIpc) is 2.72. The van der Waals surface area contributed by atoms with Gasteiger partial charge in [0.1, 0.15) is 0 Å². The predicted octanol–water partition coefficient (Wildman–Crippen LogP) is 4.28. The van der Waals surface area contributed by atoms with Gasteiger partial charge in [-0.25, -0.2) is 0 Å². The summed E-state index contributed by atoms with van der Waals surface area (Å²) in [6, 6.07) is 2.90. The highest BCUT2D eigenvalue weighted by Crippen LogP contribution is 2.37. The molecule has 1 aliphatic rings. The van der Waals surface area contributed by atoms with Crippen LogP contribution in [0.25, 0.3) is 0 Å². The van der Waals surface area contributed by atoms with E-state index in [0.29, 0.717) is 6.04 Å². The van der Waals surface area contributed by atoms with Crippen LogP contribution in [0, 0.1) is 5.92 Å². The average molecular weight is 345 g/mol. The summed E-state index contributed by atoms with van der Waals surface area (Å²) in [6.45, 7) is 5.75. The first-order valence-corrected chi connectivity index (χ1v) is 9.04. The highest BCUT2D eigenvalue weighted by atomic mass is 79.9. The van der Waals surface area contributed by atoms with Gasteiger partial charge in [-0.1, -0.05) is 13.3 Å². The van der Waals surface area contributed by atoms with Crippen molar-refractivity contribution in [3.63, 3.8) is 0 Å². The number of rotatable bonds is 5. The van der Waals surface area contributed by atoms with E-state index < -0.39 is 0 Å². The zero-order valence-electron chi connectivity index (χ0n) is 12.0. The lowest BCUT2D eigenvalue weighted by atomic mass is 9.93. The van der Waals surface area contributed by atoms with Gasteiger partial charge >= 0.3 is 0 Å². The second kappa shape index (κ2) is 7.77. The fourth-order valence-corrected chi connectivity index (χ4v) is 4.74. The fourth-order valence-electron chi connectivity index (χ4n) is 3.04. The molecule has 4 heteroatoms. The van der Waals surface area contributed by atoms with Crippen molar-refractivity contribution in [2.45, 2.75) is 38.6 Å². The van der Waals surface area contributed by atoms with Crippen molar-refractivity contribution in [2.75, 3.05) is 26.7 Å². The summed E-state index contributed by atoms with van der Waals surface area (Å²) in [7, 11) is 2.29. The molecule has 2 unspecified atom stereocenters. The summed E-state index contributed by atoms with van der Waals surface area (Å²) in [5, 5.41) is 5.84. The monoisotopic (exact) mass is 344 g/mol. The molecule has 1 aromatic rings. The van der Waals surface area contributed by atoms with Crippen molar-refractivity contribution < 1.29 is 0 Å². The van der Waals surface area contributed by atoms with E-state index in [-0.39, 0.29) is 0 Å². The van der Waals surface area contributed by atoms with Crippen LogP contribution < -0.4 is 5.32 Å². The molecule has 0 radical (unpaired) electrons. The minimum atomic E-state index is 0.586. The Hall–Kier alpha value is 0.1000. The Morgan fingerprint density at radius 1 is 1.47 bits per heavy atom. The van der Waals surface area contributed by atoms with Crippen LogP contribution in [0.5, 0.6) is 0 Å². The molecule has 0 amide bonds. The van der Waals surface area contributed by atoms with E-state index in [1.54, 1.807) is 0 Å². The maximum absolute atomic E-state index is 3.63. The van der Waals surface area contributed by atoms with Crippen LogP contribution >= 0.6 is 27.3 Å². The lowest BCUT2D eigenvalue weighted by molar-refractivity contribution is 0.192. The van der Waals surface area contributed by atoms with Crippen molar-refractivity contribution in [2.24, 2.45) is 5.92 Å². The van der Waals surface area contributed by atoms with Crippen LogP contribution in [-0.4, -0.2) is 31.6 Å². The van der Waals surface area contributed by atoms with Crippen molar-refractivity contribution in [3.05, 3.63) is 20.8 Å². The molecule has 2 nitrogen and oxygen atoms in total. The number of hydrogen-bond acceptors (Lipinski definition) is 3. The van der Waals surface area contributed by atoms with E-state index in [4.69, 9.17) is 0 Å². The first kappa shape index (κ1) is 15.5. The Balaban J connectivity index is 2.11. The maximum atomic E-state index is 3.63. The quantitative estimate of drug-likeness (QED) is 0.801. The topological polar surface area (TPSA) is 15.3 Å². The molecule has 108 valence electrons. The minimum Gasteiger partial charge on any atom is -0.316 e. The van der Waals surface area contributed by atoms with Crippen LogP contribution in [0.4, 0.5) is 0 Å². The van der Waals surface area contributed by atoms with Crippen molar-refractivity contribution in [3.8, 4) is 0 Å². The van der Waals surface area contributed by atoms with E-state index >= 15 is 0 Å². The standard InChI is InChI=1S/C15H25BrN2S/c1-3-7-17-10-12-6-4-5-8-18(2)15(12)14-9-13(16)11-19-14/h9,11-12,15,17H,3-8,10H2,1-2H3. The first-order valence-electron chi connectivity index (χ1n) is 7.37. The molecule has 2 atom stereocenters. The van der Waals surface area contributed by atoms with Gasteiger partial charge in [-0.05, 0) is 73.9 Å². The molecule has 1 N–H and O–H groups in total. The van der Waals surface area contributed by atoms with Crippen LogP contribution in [0.15, 0.2) is 15.9 Å². The third kappa shape index (κ3) is 4.28. The van der Waals surface area contributed by atoms with Crippen LogP contribution in [0.2, 0.25) is 0 Å². The summed E-state index contributed by atoms with van der Waals surface area (Å²) < 4.78 is 1.23. The van der Waals surface area contributed by atoms with Crippen LogP contribution in [0.1, 0.15) is 43.5 Å². The number of hydrogen-bond donors (Lipinski definition) is 1. The molecule has 0 aromatic carbocycles. The van der Waals surface area contributed by atoms with Gasteiger partial charge in [0.05, 0.1) is 0 Å². The highest BCUT2D eigenvalue weighted by Gasteiger charge is 2.29. The molecule has 1 aromatic heterocycles. The molecule has 2 rings (SSSR count). The third-order valence-corrected chi connectivity index (χ3v) is 5.73.